The van der Waals surface area contributed by atoms with E-state index in [2.05, 4.69) is 46.7 Å². The van der Waals surface area contributed by atoms with E-state index in [1.807, 2.05) is 72.9 Å². The molecule has 2 aromatic carbocycles. The highest BCUT2D eigenvalue weighted by Gasteiger charge is 2.42. The minimum absolute atomic E-state index is 0.0364. The summed E-state index contributed by atoms with van der Waals surface area (Å²) < 4.78 is 13.5. The molecular weight excluding hydrogens is 456 g/mol. The fourth-order valence-corrected chi connectivity index (χ4v) is 4.93. The van der Waals surface area contributed by atoms with Crippen LogP contribution in [0.25, 0.3) is 0 Å². The molecule has 0 spiro atoms. The standard InChI is InChI=1S/C28H28N4O2S/c1-18-17-24(19(2)31(18)3)27-26(25-7-5-6-16-29-25)30-28(35)32(27)20-8-10-22(11-9-20)34-23-14-12-21(33-4)13-15-23/h5-17,26-27H,1-4H3,(H,30,35)/t26-,27+/m1/s1. The average molecular weight is 485 g/mol. The Kier molecular flexibility index (Phi) is 6.17. The average Bonchev–Trinajstić information content (AvgIpc) is 3.36. The second-order valence-corrected chi connectivity index (χ2v) is 9.04. The summed E-state index contributed by atoms with van der Waals surface area (Å²) >= 11 is 5.86. The molecule has 35 heavy (non-hydrogen) atoms. The zero-order valence-electron chi connectivity index (χ0n) is 20.2. The van der Waals surface area contributed by atoms with Crippen LogP contribution in [-0.4, -0.2) is 21.8 Å². The summed E-state index contributed by atoms with van der Waals surface area (Å²) in [5, 5.41) is 4.21. The van der Waals surface area contributed by atoms with Gasteiger partial charge in [0.1, 0.15) is 17.2 Å². The Balaban J connectivity index is 1.49. The Morgan fingerprint density at radius 2 is 1.57 bits per heavy atom. The third kappa shape index (κ3) is 4.35. The van der Waals surface area contributed by atoms with Crippen LogP contribution in [-0.2, 0) is 7.05 Å². The SMILES string of the molecule is COc1ccc(Oc2ccc(N3C(=S)N[C@H](c4ccccn4)[C@@H]3c3cc(C)n(C)c3C)cc2)cc1. The van der Waals surface area contributed by atoms with E-state index in [0.717, 1.165) is 28.6 Å². The fourth-order valence-electron chi connectivity index (χ4n) is 4.59. The highest BCUT2D eigenvalue weighted by atomic mass is 32.1. The van der Waals surface area contributed by atoms with Crippen LogP contribution in [0.3, 0.4) is 0 Å². The monoisotopic (exact) mass is 484 g/mol. The molecule has 2 atom stereocenters. The quantitative estimate of drug-likeness (QED) is 0.338. The molecule has 178 valence electrons. The molecule has 5 rings (SSSR count). The topological polar surface area (TPSA) is 51.6 Å². The number of methoxy groups -OCH3 is 1. The molecule has 6 nitrogen and oxygen atoms in total. The van der Waals surface area contributed by atoms with Crippen LogP contribution in [0.4, 0.5) is 5.69 Å². The van der Waals surface area contributed by atoms with Gasteiger partial charge in [0.25, 0.3) is 0 Å². The summed E-state index contributed by atoms with van der Waals surface area (Å²) in [5.41, 5.74) is 5.60. The normalized spacial score (nSPS) is 17.4. The van der Waals surface area contributed by atoms with Gasteiger partial charge in [0, 0.05) is 30.3 Å². The van der Waals surface area contributed by atoms with Gasteiger partial charge in [-0.25, -0.2) is 0 Å². The first-order valence-corrected chi connectivity index (χ1v) is 11.9. The van der Waals surface area contributed by atoms with E-state index in [9.17, 15) is 0 Å². The van der Waals surface area contributed by atoms with E-state index < -0.39 is 0 Å². The predicted octanol–water partition coefficient (Wildman–Crippen LogP) is 6.01. The van der Waals surface area contributed by atoms with Crippen molar-refractivity contribution < 1.29 is 9.47 Å². The maximum Gasteiger partial charge on any atom is 0.174 e. The van der Waals surface area contributed by atoms with Crippen LogP contribution < -0.4 is 19.7 Å². The van der Waals surface area contributed by atoms with Gasteiger partial charge in [0.05, 0.1) is 24.9 Å². The summed E-state index contributed by atoms with van der Waals surface area (Å²) in [6.07, 6.45) is 1.83. The molecule has 0 aliphatic carbocycles. The second kappa shape index (κ2) is 9.43. The van der Waals surface area contributed by atoms with Gasteiger partial charge in [-0.15, -0.1) is 0 Å². The van der Waals surface area contributed by atoms with E-state index in [0.29, 0.717) is 5.11 Å². The van der Waals surface area contributed by atoms with Crippen LogP contribution in [0.1, 0.15) is 34.7 Å². The van der Waals surface area contributed by atoms with E-state index in [-0.39, 0.29) is 12.1 Å². The number of pyridine rings is 1. The zero-order chi connectivity index (χ0) is 24.5. The van der Waals surface area contributed by atoms with E-state index in [1.54, 1.807) is 7.11 Å². The number of hydrogen-bond donors (Lipinski definition) is 1. The van der Waals surface area contributed by atoms with Crippen LogP contribution in [0.15, 0.2) is 79.0 Å². The molecule has 1 aliphatic rings. The minimum Gasteiger partial charge on any atom is -0.497 e. The van der Waals surface area contributed by atoms with E-state index in [4.69, 9.17) is 21.7 Å². The van der Waals surface area contributed by atoms with Crippen molar-refractivity contribution in [2.75, 3.05) is 12.0 Å². The van der Waals surface area contributed by atoms with E-state index in [1.165, 1.54) is 17.0 Å². The van der Waals surface area contributed by atoms with Crippen LogP contribution in [0.2, 0.25) is 0 Å². The summed E-state index contributed by atoms with van der Waals surface area (Å²) in [5.74, 6) is 2.30. The van der Waals surface area contributed by atoms with Crippen molar-refractivity contribution >= 4 is 23.0 Å². The maximum absolute atomic E-state index is 6.03. The van der Waals surface area contributed by atoms with E-state index >= 15 is 0 Å². The number of thiocarbonyl (C=S) groups is 1. The number of nitrogens with zero attached hydrogens (tertiary/aromatic N) is 3. The van der Waals surface area contributed by atoms with Crippen LogP contribution in [0, 0.1) is 13.8 Å². The lowest BCUT2D eigenvalue weighted by atomic mass is 9.96. The summed E-state index contributed by atoms with van der Waals surface area (Å²) in [6, 6.07) is 23.7. The highest BCUT2D eigenvalue weighted by Crippen LogP contribution is 2.43. The maximum atomic E-state index is 6.03. The Hall–Kier alpha value is -3.84. The van der Waals surface area contributed by atoms with Crippen LogP contribution >= 0.6 is 12.2 Å². The third-order valence-electron chi connectivity index (χ3n) is 6.64. The van der Waals surface area contributed by atoms with Crippen molar-refractivity contribution in [2.24, 2.45) is 7.05 Å². The fraction of sp³-hybridized carbons (Fsp3) is 0.214. The molecule has 1 N–H and O–H groups in total. The molecular formula is C28H28N4O2S. The Bertz CT molecular complexity index is 1330. The molecule has 3 heterocycles. The van der Waals surface area contributed by atoms with Crippen molar-refractivity contribution in [3.8, 4) is 17.2 Å². The van der Waals surface area contributed by atoms with Gasteiger partial charge in [-0.2, -0.15) is 0 Å². The first kappa shape index (κ1) is 22.9. The van der Waals surface area contributed by atoms with Gasteiger partial charge in [-0.3, -0.25) is 4.98 Å². The Labute approximate surface area is 211 Å². The number of anilines is 1. The molecule has 1 saturated heterocycles. The summed E-state index contributed by atoms with van der Waals surface area (Å²) in [7, 11) is 3.75. The van der Waals surface area contributed by atoms with Gasteiger partial charge < -0.3 is 24.3 Å². The van der Waals surface area contributed by atoms with Gasteiger partial charge in [-0.05, 0) is 98.4 Å². The molecule has 0 saturated carbocycles. The summed E-state index contributed by atoms with van der Waals surface area (Å²) in [4.78, 5) is 6.83. The first-order chi connectivity index (χ1) is 17.0. The van der Waals surface area contributed by atoms with Crippen molar-refractivity contribution in [1.29, 1.82) is 0 Å². The zero-order valence-corrected chi connectivity index (χ0v) is 21.0. The Morgan fingerprint density at radius 3 is 2.14 bits per heavy atom. The number of aryl methyl sites for hydroxylation is 1. The van der Waals surface area contributed by atoms with Gasteiger partial charge >= 0.3 is 0 Å². The molecule has 2 aromatic heterocycles. The minimum atomic E-state index is -0.0700. The largest absolute Gasteiger partial charge is 0.497 e. The number of aromatic nitrogens is 2. The third-order valence-corrected chi connectivity index (χ3v) is 6.96. The lowest BCUT2D eigenvalue weighted by Gasteiger charge is -2.28. The van der Waals surface area contributed by atoms with Gasteiger partial charge in [0.2, 0.25) is 0 Å². The Morgan fingerprint density at radius 1 is 0.914 bits per heavy atom. The van der Waals surface area contributed by atoms with Gasteiger partial charge in [0.15, 0.2) is 5.11 Å². The smallest absolute Gasteiger partial charge is 0.174 e. The molecule has 1 aliphatic heterocycles. The first-order valence-electron chi connectivity index (χ1n) is 11.5. The second-order valence-electron chi connectivity index (χ2n) is 8.65. The molecule has 7 heteroatoms. The molecule has 0 radical (unpaired) electrons. The number of benzene rings is 2. The predicted molar refractivity (Wildman–Crippen MR) is 142 cm³/mol. The van der Waals surface area contributed by atoms with Crippen LogP contribution in [0.5, 0.6) is 17.2 Å². The number of rotatable bonds is 6. The number of nitrogens with one attached hydrogen (secondary N) is 1. The summed E-state index contributed by atoms with van der Waals surface area (Å²) in [6.45, 7) is 4.28. The van der Waals surface area contributed by atoms with Gasteiger partial charge in [-0.1, -0.05) is 6.07 Å². The highest BCUT2D eigenvalue weighted by molar-refractivity contribution is 7.80. The molecule has 0 amide bonds. The van der Waals surface area contributed by atoms with Crippen molar-refractivity contribution in [3.63, 3.8) is 0 Å². The number of ether oxygens (including phenoxy) is 2. The molecule has 1 fully saturated rings. The van der Waals surface area contributed by atoms with Crippen molar-refractivity contribution in [2.45, 2.75) is 25.9 Å². The number of hydrogen-bond acceptors (Lipinski definition) is 4. The molecule has 0 unspecified atom stereocenters. The molecule has 0 bridgehead atoms. The molecule has 4 aromatic rings. The van der Waals surface area contributed by atoms with Crippen molar-refractivity contribution in [3.05, 3.63) is 102 Å². The lowest BCUT2D eigenvalue weighted by Crippen LogP contribution is -2.29. The lowest BCUT2D eigenvalue weighted by molar-refractivity contribution is 0.413. The van der Waals surface area contributed by atoms with Crippen molar-refractivity contribution in [1.82, 2.24) is 14.9 Å².